The van der Waals surface area contributed by atoms with Crippen LogP contribution in [0, 0.1) is 0 Å². The highest BCUT2D eigenvalue weighted by Crippen LogP contribution is 2.35. The number of benzene rings is 3. The number of anilines is 1. The van der Waals surface area contributed by atoms with Gasteiger partial charge in [-0.1, -0.05) is 49.1 Å². The van der Waals surface area contributed by atoms with E-state index in [-0.39, 0.29) is 12.2 Å². The summed E-state index contributed by atoms with van der Waals surface area (Å²) in [5, 5.41) is 2.24. The molecule has 0 aromatic heterocycles. The fraction of sp³-hybridized carbons (Fsp3) is 0.129. The molecule has 1 aliphatic rings. The maximum atomic E-state index is 13.4. The standard InChI is InChI=1S/C31H28N2O6/c1-4-9-23-17-22(19-27(37-3)28(23)38-16-5-2)18-26-29(34)32-31(36)33(30(26)35)24-12-14-25(15-13-24)39-20-21-10-7-6-8-11-21/h4-8,10-15,17-19H,1-2,9,16,20H2,3H3,(H,32,34,36)/b26-18+. The first-order valence-electron chi connectivity index (χ1n) is 12.2. The monoisotopic (exact) mass is 524 g/mol. The SMILES string of the molecule is C=CCOc1c(CC=C)cc(/C=C2\C(=O)NC(=O)N(c3ccc(OCc4ccccc4)cc3)C2=O)cc1OC. The van der Waals surface area contributed by atoms with E-state index in [0.29, 0.717) is 41.5 Å². The Labute approximate surface area is 226 Å². The lowest BCUT2D eigenvalue weighted by Crippen LogP contribution is -2.54. The van der Waals surface area contributed by atoms with Crippen molar-refractivity contribution < 1.29 is 28.6 Å². The third kappa shape index (κ3) is 6.24. The van der Waals surface area contributed by atoms with Crippen molar-refractivity contribution in [3.63, 3.8) is 0 Å². The molecule has 1 heterocycles. The second kappa shape index (κ2) is 12.4. The predicted octanol–water partition coefficient (Wildman–Crippen LogP) is 5.23. The lowest BCUT2D eigenvalue weighted by Gasteiger charge is -2.26. The van der Waals surface area contributed by atoms with E-state index in [4.69, 9.17) is 14.2 Å². The van der Waals surface area contributed by atoms with E-state index in [1.807, 2.05) is 30.3 Å². The van der Waals surface area contributed by atoms with Crippen LogP contribution in [0.25, 0.3) is 6.08 Å². The Balaban J connectivity index is 1.60. The average Bonchev–Trinajstić information content (AvgIpc) is 2.94. The van der Waals surface area contributed by atoms with Crippen molar-refractivity contribution in [1.82, 2.24) is 5.32 Å². The van der Waals surface area contributed by atoms with Gasteiger partial charge in [-0.15, -0.1) is 6.58 Å². The number of allylic oxidation sites excluding steroid dienone is 1. The molecule has 0 atom stereocenters. The topological polar surface area (TPSA) is 94.2 Å². The number of urea groups is 1. The Morgan fingerprint density at radius 1 is 0.923 bits per heavy atom. The Bertz CT molecular complexity index is 1430. The molecule has 0 spiro atoms. The molecule has 3 aromatic rings. The Morgan fingerprint density at radius 2 is 1.67 bits per heavy atom. The number of methoxy groups -OCH3 is 1. The summed E-state index contributed by atoms with van der Waals surface area (Å²) in [6.45, 7) is 8.10. The van der Waals surface area contributed by atoms with E-state index < -0.39 is 17.8 Å². The van der Waals surface area contributed by atoms with Crippen LogP contribution in [0.5, 0.6) is 17.2 Å². The molecule has 4 rings (SSSR count). The zero-order chi connectivity index (χ0) is 27.8. The van der Waals surface area contributed by atoms with Gasteiger partial charge < -0.3 is 14.2 Å². The number of rotatable bonds is 11. The molecular weight excluding hydrogens is 496 g/mol. The van der Waals surface area contributed by atoms with Crippen LogP contribution in [0.3, 0.4) is 0 Å². The highest BCUT2D eigenvalue weighted by molar-refractivity contribution is 6.39. The van der Waals surface area contributed by atoms with Gasteiger partial charge in [0.25, 0.3) is 11.8 Å². The number of hydrogen-bond donors (Lipinski definition) is 1. The van der Waals surface area contributed by atoms with Gasteiger partial charge in [0, 0.05) is 5.56 Å². The molecule has 1 aliphatic heterocycles. The van der Waals surface area contributed by atoms with Gasteiger partial charge in [0.05, 0.1) is 12.8 Å². The molecule has 0 unspecified atom stereocenters. The number of carbonyl (C=O) groups excluding carboxylic acids is 3. The lowest BCUT2D eigenvalue weighted by molar-refractivity contribution is -0.122. The largest absolute Gasteiger partial charge is 0.493 e. The summed E-state index contributed by atoms with van der Waals surface area (Å²) in [6.07, 6.45) is 5.20. The molecule has 0 bridgehead atoms. The summed E-state index contributed by atoms with van der Waals surface area (Å²) in [5.41, 5.74) is 2.37. The van der Waals surface area contributed by atoms with Crippen molar-refractivity contribution in [1.29, 1.82) is 0 Å². The van der Waals surface area contributed by atoms with E-state index in [9.17, 15) is 14.4 Å². The van der Waals surface area contributed by atoms with Crippen LogP contribution < -0.4 is 24.4 Å². The Morgan fingerprint density at radius 3 is 2.33 bits per heavy atom. The van der Waals surface area contributed by atoms with Crippen molar-refractivity contribution in [2.75, 3.05) is 18.6 Å². The second-order valence-electron chi connectivity index (χ2n) is 8.53. The summed E-state index contributed by atoms with van der Waals surface area (Å²) in [5.74, 6) is -0.0332. The predicted molar refractivity (Wildman–Crippen MR) is 149 cm³/mol. The minimum absolute atomic E-state index is 0.203. The summed E-state index contributed by atoms with van der Waals surface area (Å²) < 4.78 is 17.1. The third-order valence-corrected chi connectivity index (χ3v) is 5.84. The summed E-state index contributed by atoms with van der Waals surface area (Å²) in [7, 11) is 1.50. The van der Waals surface area contributed by atoms with Crippen molar-refractivity contribution in [2.24, 2.45) is 0 Å². The smallest absolute Gasteiger partial charge is 0.335 e. The number of ether oxygens (including phenoxy) is 3. The zero-order valence-electron chi connectivity index (χ0n) is 21.5. The molecule has 8 heteroatoms. The van der Waals surface area contributed by atoms with Gasteiger partial charge >= 0.3 is 6.03 Å². The summed E-state index contributed by atoms with van der Waals surface area (Å²) in [6, 6.07) is 18.8. The molecule has 198 valence electrons. The minimum atomic E-state index is -0.835. The van der Waals surface area contributed by atoms with Crippen LogP contribution in [-0.2, 0) is 22.6 Å². The first-order chi connectivity index (χ1) is 18.9. The van der Waals surface area contributed by atoms with E-state index >= 15 is 0 Å². The lowest BCUT2D eigenvalue weighted by atomic mass is 10.0. The van der Waals surface area contributed by atoms with Gasteiger partial charge in [-0.05, 0) is 60.0 Å². The van der Waals surface area contributed by atoms with Crippen molar-refractivity contribution >= 4 is 29.6 Å². The van der Waals surface area contributed by atoms with E-state index in [0.717, 1.165) is 16.0 Å². The van der Waals surface area contributed by atoms with E-state index in [2.05, 4.69) is 18.5 Å². The summed E-state index contributed by atoms with van der Waals surface area (Å²) in [4.78, 5) is 39.6. The number of nitrogens with zero attached hydrogens (tertiary/aromatic N) is 1. The molecule has 0 aliphatic carbocycles. The highest BCUT2D eigenvalue weighted by Gasteiger charge is 2.37. The highest BCUT2D eigenvalue weighted by atomic mass is 16.5. The normalized spacial score (nSPS) is 14.1. The van der Waals surface area contributed by atoms with Crippen LogP contribution in [-0.4, -0.2) is 31.6 Å². The molecule has 4 amide bonds. The third-order valence-electron chi connectivity index (χ3n) is 5.84. The number of imide groups is 2. The quantitative estimate of drug-likeness (QED) is 0.210. The molecule has 0 saturated carbocycles. The minimum Gasteiger partial charge on any atom is -0.493 e. The fourth-order valence-corrected chi connectivity index (χ4v) is 4.02. The number of hydrogen-bond acceptors (Lipinski definition) is 6. The number of nitrogens with one attached hydrogen (secondary N) is 1. The number of barbiturate groups is 1. The van der Waals surface area contributed by atoms with E-state index in [1.54, 1.807) is 48.6 Å². The number of carbonyl (C=O) groups is 3. The average molecular weight is 525 g/mol. The Hall–Kier alpha value is -5.11. The van der Waals surface area contributed by atoms with Crippen LogP contribution in [0.4, 0.5) is 10.5 Å². The molecule has 39 heavy (non-hydrogen) atoms. The second-order valence-corrected chi connectivity index (χ2v) is 8.53. The molecule has 1 N–H and O–H groups in total. The van der Waals surface area contributed by atoms with Gasteiger partial charge in [0.1, 0.15) is 24.5 Å². The molecular formula is C31H28N2O6. The molecule has 1 fully saturated rings. The molecule has 0 radical (unpaired) electrons. The van der Waals surface area contributed by atoms with Crippen molar-refractivity contribution in [2.45, 2.75) is 13.0 Å². The fourth-order valence-electron chi connectivity index (χ4n) is 4.02. The maximum Gasteiger partial charge on any atom is 0.335 e. The van der Waals surface area contributed by atoms with Crippen molar-refractivity contribution in [3.05, 3.63) is 114 Å². The van der Waals surface area contributed by atoms with Gasteiger partial charge in [-0.2, -0.15) is 0 Å². The molecule has 8 nitrogen and oxygen atoms in total. The number of amides is 4. The molecule has 1 saturated heterocycles. The Kier molecular flexibility index (Phi) is 8.58. The molecule has 3 aromatic carbocycles. The summed E-state index contributed by atoms with van der Waals surface area (Å²) >= 11 is 0. The maximum absolute atomic E-state index is 13.4. The van der Waals surface area contributed by atoms with Gasteiger partial charge in [0.15, 0.2) is 11.5 Å². The zero-order valence-corrected chi connectivity index (χ0v) is 21.5. The van der Waals surface area contributed by atoms with Crippen molar-refractivity contribution in [3.8, 4) is 17.2 Å². The van der Waals surface area contributed by atoms with Gasteiger partial charge in [0.2, 0.25) is 0 Å². The van der Waals surface area contributed by atoms with Crippen LogP contribution in [0.15, 0.2) is 97.6 Å². The van der Waals surface area contributed by atoms with Gasteiger partial charge in [-0.25, -0.2) is 9.69 Å². The van der Waals surface area contributed by atoms with Crippen LogP contribution in [0.2, 0.25) is 0 Å². The first-order valence-corrected chi connectivity index (χ1v) is 12.2. The van der Waals surface area contributed by atoms with Crippen LogP contribution >= 0.6 is 0 Å². The van der Waals surface area contributed by atoms with E-state index in [1.165, 1.54) is 13.2 Å². The van der Waals surface area contributed by atoms with Gasteiger partial charge in [-0.3, -0.25) is 14.9 Å². The first kappa shape index (κ1) is 26.9. The van der Waals surface area contributed by atoms with Crippen LogP contribution in [0.1, 0.15) is 16.7 Å².